The molecule has 2 aromatic rings. The van der Waals surface area contributed by atoms with Gasteiger partial charge in [-0.3, -0.25) is 14.4 Å². The number of likely N-dealkylation sites (tertiary alicyclic amines) is 1. The largest absolute Gasteiger partial charge is 0.481 e. The lowest BCUT2D eigenvalue weighted by Gasteiger charge is -2.32. The zero-order valence-corrected chi connectivity index (χ0v) is 25.2. The van der Waals surface area contributed by atoms with Crippen LogP contribution in [0.5, 0.6) is 0 Å². The van der Waals surface area contributed by atoms with Gasteiger partial charge in [0.05, 0.1) is 6.04 Å². The number of carbonyl (C=O) groups excluding carboxylic acids is 4. The van der Waals surface area contributed by atoms with E-state index in [2.05, 4.69) is 10.6 Å². The summed E-state index contributed by atoms with van der Waals surface area (Å²) in [6.07, 6.45) is -2.46. The minimum Gasteiger partial charge on any atom is -0.481 e. The number of esters is 1. The van der Waals surface area contributed by atoms with Gasteiger partial charge < -0.3 is 35.2 Å². The molecule has 0 aliphatic carbocycles. The summed E-state index contributed by atoms with van der Waals surface area (Å²) in [7, 11) is 0. The van der Waals surface area contributed by atoms with E-state index in [1.54, 1.807) is 75.4 Å². The molecular weight excluding hydrogens is 570 g/mol. The second-order valence-electron chi connectivity index (χ2n) is 11.7. The second kappa shape index (κ2) is 15.9. The Kier molecular flexibility index (Phi) is 12.3. The fraction of sp³-hybridized carbons (Fsp3) is 0.469. The molecule has 3 rings (SSSR count). The lowest BCUT2D eigenvalue weighted by molar-refractivity contribution is -0.165. The molecule has 0 bridgehead atoms. The molecule has 0 radical (unpaired) electrons. The highest BCUT2D eigenvalue weighted by Gasteiger charge is 2.41. The first kappa shape index (κ1) is 34.0. The zero-order chi connectivity index (χ0) is 32.3. The number of nitrogens with one attached hydrogen (secondary N) is 2. The van der Waals surface area contributed by atoms with Crippen molar-refractivity contribution in [3.8, 4) is 0 Å². The predicted octanol–water partition coefficient (Wildman–Crippen LogP) is 2.57. The van der Waals surface area contributed by atoms with Gasteiger partial charge in [-0.2, -0.15) is 0 Å². The normalized spacial score (nSPS) is 16.7. The number of benzene rings is 2. The highest BCUT2D eigenvalue weighted by atomic mass is 16.6. The Morgan fingerprint density at radius 2 is 1.57 bits per heavy atom. The third-order valence-electron chi connectivity index (χ3n) is 6.94. The summed E-state index contributed by atoms with van der Waals surface area (Å²) in [5, 5.41) is 25.6. The molecule has 12 nitrogen and oxygen atoms in total. The van der Waals surface area contributed by atoms with Crippen molar-refractivity contribution in [2.24, 2.45) is 0 Å². The number of aliphatic carboxylic acids is 1. The Balaban J connectivity index is 1.77. The number of carboxylic acids is 1. The number of hydrogen-bond acceptors (Lipinski definition) is 8. The number of alkyl carbamates (subject to hydrolysis) is 1. The summed E-state index contributed by atoms with van der Waals surface area (Å²) in [5.41, 5.74) is 0.647. The molecule has 0 aromatic heterocycles. The van der Waals surface area contributed by atoms with Gasteiger partial charge in [0.25, 0.3) is 5.91 Å². The predicted molar refractivity (Wildman–Crippen MR) is 159 cm³/mol. The SMILES string of the molecule is CC(C)(C)OC(=O)[C@@H]1CCCN1C(=O)C(O)[C@H](Cc1ccccc1)NC(=O)[C@H](CCC(=O)O)NC(=O)OCc1ccccc1. The van der Waals surface area contributed by atoms with Crippen LogP contribution in [0.2, 0.25) is 0 Å². The second-order valence-corrected chi connectivity index (χ2v) is 11.7. The summed E-state index contributed by atoms with van der Waals surface area (Å²) in [6.45, 7) is 5.32. The van der Waals surface area contributed by atoms with E-state index in [-0.39, 0.29) is 26.0 Å². The van der Waals surface area contributed by atoms with Gasteiger partial charge in [0.15, 0.2) is 6.10 Å². The van der Waals surface area contributed by atoms with Crippen LogP contribution in [0.25, 0.3) is 0 Å². The van der Waals surface area contributed by atoms with Crippen molar-refractivity contribution in [3.63, 3.8) is 0 Å². The smallest absolute Gasteiger partial charge is 0.408 e. The van der Waals surface area contributed by atoms with Crippen LogP contribution in [0, 0.1) is 0 Å². The number of ether oxygens (including phenoxy) is 2. The van der Waals surface area contributed by atoms with E-state index in [0.29, 0.717) is 24.0 Å². The highest BCUT2D eigenvalue weighted by molar-refractivity contribution is 5.90. The van der Waals surface area contributed by atoms with Crippen LogP contribution in [0.3, 0.4) is 0 Å². The van der Waals surface area contributed by atoms with Gasteiger partial charge >= 0.3 is 18.0 Å². The van der Waals surface area contributed by atoms with Gasteiger partial charge in [-0.15, -0.1) is 0 Å². The van der Waals surface area contributed by atoms with E-state index < -0.39 is 66.1 Å². The standard InChI is InChI=1S/C32H41N3O9/c1-32(2,3)44-30(41)25-15-10-18-35(25)29(40)27(38)24(19-21-11-6-4-7-12-21)33-28(39)23(16-17-26(36)37)34-31(42)43-20-22-13-8-5-9-14-22/h4-9,11-14,23-25,27,38H,10,15-20H2,1-3H3,(H,33,39)(H,34,42)(H,36,37)/t23-,24-,25-,27?/m0/s1. The lowest BCUT2D eigenvalue weighted by atomic mass is 9.99. The van der Waals surface area contributed by atoms with Crippen molar-refractivity contribution in [2.75, 3.05) is 6.54 Å². The molecule has 3 amide bonds. The topological polar surface area (TPSA) is 172 Å². The van der Waals surface area contributed by atoms with Crippen LogP contribution in [0.4, 0.5) is 4.79 Å². The van der Waals surface area contributed by atoms with Crippen molar-refractivity contribution in [3.05, 3.63) is 71.8 Å². The van der Waals surface area contributed by atoms with Gasteiger partial charge in [-0.05, 0) is 57.6 Å². The van der Waals surface area contributed by atoms with Gasteiger partial charge in [0.1, 0.15) is 24.3 Å². The summed E-state index contributed by atoms with van der Waals surface area (Å²) >= 11 is 0. The number of hydrogen-bond donors (Lipinski definition) is 4. The van der Waals surface area contributed by atoms with E-state index in [1.165, 1.54) is 4.90 Å². The Morgan fingerprint density at radius 3 is 2.16 bits per heavy atom. The Labute approximate surface area is 256 Å². The van der Waals surface area contributed by atoms with Gasteiger partial charge in [0.2, 0.25) is 5.91 Å². The third kappa shape index (κ3) is 10.7. The van der Waals surface area contributed by atoms with Crippen LogP contribution in [-0.2, 0) is 41.7 Å². The first-order valence-corrected chi connectivity index (χ1v) is 14.6. The summed E-state index contributed by atoms with van der Waals surface area (Å²) in [4.78, 5) is 65.0. The molecule has 4 N–H and O–H groups in total. The average Bonchev–Trinajstić information content (AvgIpc) is 3.47. The Hall–Kier alpha value is -4.45. The molecule has 4 atom stereocenters. The van der Waals surface area contributed by atoms with Crippen LogP contribution in [0.1, 0.15) is 57.6 Å². The molecule has 1 saturated heterocycles. The van der Waals surface area contributed by atoms with Crippen molar-refractivity contribution >= 4 is 29.8 Å². The molecule has 1 heterocycles. The fourth-order valence-electron chi connectivity index (χ4n) is 4.82. The van der Waals surface area contributed by atoms with Gasteiger partial charge in [-0.1, -0.05) is 60.7 Å². The monoisotopic (exact) mass is 611 g/mol. The number of rotatable bonds is 13. The minimum absolute atomic E-state index is 0.0362. The van der Waals surface area contributed by atoms with E-state index in [1.807, 2.05) is 6.07 Å². The third-order valence-corrected chi connectivity index (χ3v) is 6.94. The molecule has 1 fully saturated rings. The van der Waals surface area contributed by atoms with E-state index in [4.69, 9.17) is 9.47 Å². The van der Waals surface area contributed by atoms with E-state index in [9.17, 15) is 34.2 Å². The molecule has 44 heavy (non-hydrogen) atoms. The van der Waals surface area contributed by atoms with Crippen molar-refractivity contribution in [1.29, 1.82) is 0 Å². The number of carboxylic acid groups (broad SMARTS) is 1. The van der Waals surface area contributed by atoms with E-state index >= 15 is 0 Å². The lowest BCUT2D eigenvalue weighted by Crippen LogP contribution is -2.58. The van der Waals surface area contributed by atoms with Crippen molar-refractivity contribution < 1.29 is 43.7 Å². The maximum Gasteiger partial charge on any atom is 0.408 e. The summed E-state index contributed by atoms with van der Waals surface area (Å²) < 4.78 is 10.7. The molecule has 1 aliphatic heterocycles. The average molecular weight is 612 g/mol. The number of nitrogens with zero attached hydrogens (tertiary/aromatic N) is 1. The quantitative estimate of drug-likeness (QED) is 0.249. The fourth-order valence-corrected chi connectivity index (χ4v) is 4.82. The van der Waals surface area contributed by atoms with Crippen molar-refractivity contribution in [1.82, 2.24) is 15.5 Å². The summed E-state index contributed by atoms with van der Waals surface area (Å²) in [6, 6.07) is 14.3. The van der Waals surface area contributed by atoms with E-state index in [0.717, 1.165) is 0 Å². The first-order chi connectivity index (χ1) is 20.8. The molecule has 1 unspecified atom stereocenters. The minimum atomic E-state index is -1.76. The van der Waals surface area contributed by atoms with Crippen LogP contribution in [-0.4, -0.2) is 81.3 Å². The maximum atomic E-state index is 13.6. The van der Waals surface area contributed by atoms with Crippen LogP contribution >= 0.6 is 0 Å². The van der Waals surface area contributed by atoms with Crippen molar-refractivity contribution in [2.45, 2.75) is 89.3 Å². The Bertz CT molecular complexity index is 1280. The van der Waals surface area contributed by atoms with Crippen LogP contribution in [0.15, 0.2) is 60.7 Å². The number of amides is 3. The van der Waals surface area contributed by atoms with Gasteiger partial charge in [-0.25, -0.2) is 9.59 Å². The maximum absolute atomic E-state index is 13.6. The molecule has 1 aliphatic rings. The molecule has 238 valence electrons. The molecular formula is C32H41N3O9. The molecule has 0 spiro atoms. The first-order valence-electron chi connectivity index (χ1n) is 14.6. The number of carbonyl (C=O) groups is 5. The van der Waals surface area contributed by atoms with Crippen LogP contribution < -0.4 is 10.6 Å². The molecule has 12 heteroatoms. The molecule has 0 saturated carbocycles. The summed E-state index contributed by atoms with van der Waals surface area (Å²) in [5.74, 6) is -3.32. The highest BCUT2D eigenvalue weighted by Crippen LogP contribution is 2.23. The Morgan fingerprint density at radius 1 is 0.955 bits per heavy atom. The van der Waals surface area contributed by atoms with Gasteiger partial charge in [0, 0.05) is 13.0 Å². The number of aliphatic hydroxyl groups is 1. The zero-order valence-electron chi connectivity index (χ0n) is 25.2. The molecule has 2 aromatic carbocycles. The number of aliphatic hydroxyl groups excluding tert-OH is 1.